The molecule has 2 aromatic rings. The maximum Gasteiger partial charge on any atom is 0.187 e. The van der Waals surface area contributed by atoms with Gasteiger partial charge in [0.05, 0.1) is 0 Å². The van der Waals surface area contributed by atoms with E-state index in [1.165, 1.54) is 5.56 Å². The van der Waals surface area contributed by atoms with E-state index in [2.05, 4.69) is 19.2 Å². The summed E-state index contributed by atoms with van der Waals surface area (Å²) in [5.74, 6) is 0.448. The highest BCUT2D eigenvalue weighted by Crippen LogP contribution is 2.19. The maximum atomic E-state index is 12.1. The number of carbonyl (C=O) groups is 1. The molecule has 1 N–H and O–H groups in total. The molecule has 114 valence electrons. The Morgan fingerprint density at radius 1 is 1.14 bits per heavy atom. The average Bonchev–Trinajstić information content (AvgIpc) is 2.49. The van der Waals surface area contributed by atoms with Crippen molar-refractivity contribution >= 4 is 23.1 Å². The lowest BCUT2D eigenvalue weighted by Gasteiger charge is -2.06. The van der Waals surface area contributed by atoms with Crippen molar-refractivity contribution in [1.82, 2.24) is 0 Å². The number of nitrogens with one attached hydrogen (secondary N) is 1. The number of halogens is 1. The van der Waals surface area contributed by atoms with Crippen molar-refractivity contribution in [2.75, 3.05) is 5.32 Å². The lowest BCUT2D eigenvalue weighted by atomic mass is 10.0. The minimum Gasteiger partial charge on any atom is -0.361 e. The Morgan fingerprint density at radius 2 is 1.82 bits per heavy atom. The largest absolute Gasteiger partial charge is 0.361 e. The molecule has 2 aromatic carbocycles. The number of hydrogen-bond donors (Lipinski definition) is 1. The van der Waals surface area contributed by atoms with E-state index in [-0.39, 0.29) is 5.78 Å². The normalized spacial score (nSPS) is 11.1. The molecule has 0 saturated carbocycles. The topological polar surface area (TPSA) is 29.1 Å². The van der Waals surface area contributed by atoms with E-state index in [1.54, 1.807) is 12.3 Å². The minimum absolute atomic E-state index is 0.0191. The molecular weight excluding hydrogens is 294 g/mol. The zero-order valence-corrected chi connectivity index (χ0v) is 13.8. The molecule has 0 saturated heterocycles. The third-order valence-corrected chi connectivity index (χ3v) is 3.76. The molecule has 2 nitrogen and oxygen atoms in total. The van der Waals surface area contributed by atoms with E-state index in [4.69, 9.17) is 11.6 Å². The molecule has 0 fully saturated rings. The van der Waals surface area contributed by atoms with Crippen LogP contribution in [0, 0.1) is 6.92 Å². The van der Waals surface area contributed by atoms with Gasteiger partial charge in [0.2, 0.25) is 0 Å². The molecule has 0 aliphatic rings. The van der Waals surface area contributed by atoms with E-state index in [9.17, 15) is 4.79 Å². The first-order valence-electron chi connectivity index (χ1n) is 7.31. The van der Waals surface area contributed by atoms with Gasteiger partial charge < -0.3 is 5.32 Å². The number of anilines is 1. The van der Waals surface area contributed by atoms with Crippen molar-refractivity contribution in [3.63, 3.8) is 0 Å². The second kappa shape index (κ2) is 7.28. The summed E-state index contributed by atoms with van der Waals surface area (Å²) >= 11 is 5.92. The summed E-state index contributed by atoms with van der Waals surface area (Å²) in [4.78, 5) is 12.1. The summed E-state index contributed by atoms with van der Waals surface area (Å²) in [7, 11) is 0. The van der Waals surface area contributed by atoms with E-state index >= 15 is 0 Å². The van der Waals surface area contributed by atoms with Crippen LogP contribution in [0.15, 0.2) is 54.7 Å². The number of benzene rings is 2. The molecule has 0 aromatic heterocycles. The molecule has 0 amide bonds. The Hall–Kier alpha value is -2.06. The molecular formula is C19H20ClNO. The molecule has 0 bridgehead atoms. The highest BCUT2D eigenvalue weighted by molar-refractivity contribution is 6.30. The van der Waals surface area contributed by atoms with Crippen LogP contribution >= 0.6 is 11.6 Å². The number of ketones is 1. The van der Waals surface area contributed by atoms with Crippen LogP contribution in [0.3, 0.4) is 0 Å². The van der Waals surface area contributed by atoms with E-state index in [1.807, 2.05) is 49.4 Å². The van der Waals surface area contributed by atoms with Crippen molar-refractivity contribution < 1.29 is 4.79 Å². The summed E-state index contributed by atoms with van der Waals surface area (Å²) in [5, 5.41) is 3.81. The van der Waals surface area contributed by atoms with Crippen molar-refractivity contribution in [3.05, 3.63) is 76.5 Å². The first-order valence-corrected chi connectivity index (χ1v) is 7.68. The summed E-state index contributed by atoms with van der Waals surface area (Å²) in [6.45, 7) is 6.23. The third kappa shape index (κ3) is 4.22. The van der Waals surface area contributed by atoms with Crippen LogP contribution in [0.25, 0.3) is 0 Å². The van der Waals surface area contributed by atoms with Gasteiger partial charge in [-0.25, -0.2) is 0 Å². The predicted molar refractivity (Wildman–Crippen MR) is 93.8 cm³/mol. The summed E-state index contributed by atoms with van der Waals surface area (Å²) < 4.78 is 0. The van der Waals surface area contributed by atoms with Crippen molar-refractivity contribution in [2.24, 2.45) is 0 Å². The zero-order chi connectivity index (χ0) is 16.1. The van der Waals surface area contributed by atoms with Crippen LogP contribution < -0.4 is 5.32 Å². The molecule has 22 heavy (non-hydrogen) atoms. The Kier molecular flexibility index (Phi) is 5.40. The quantitative estimate of drug-likeness (QED) is 0.576. The minimum atomic E-state index is -0.0191. The molecule has 0 radical (unpaired) electrons. The monoisotopic (exact) mass is 313 g/mol. The van der Waals surface area contributed by atoms with Crippen molar-refractivity contribution in [3.8, 4) is 0 Å². The molecule has 0 unspecified atom stereocenters. The third-order valence-electron chi connectivity index (χ3n) is 3.52. The first kappa shape index (κ1) is 16.3. The van der Waals surface area contributed by atoms with Crippen LogP contribution in [-0.2, 0) is 0 Å². The molecule has 0 heterocycles. The highest BCUT2D eigenvalue weighted by Gasteiger charge is 2.03. The average molecular weight is 314 g/mol. The number of hydrogen-bond acceptors (Lipinski definition) is 2. The van der Waals surface area contributed by atoms with Gasteiger partial charge in [-0.1, -0.05) is 49.7 Å². The van der Waals surface area contributed by atoms with E-state index in [0.717, 1.165) is 11.3 Å². The maximum absolute atomic E-state index is 12.1. The predicted octanol–water partition coefficient (Wildman–Crippen LogP) is 5.58. The number of allylic oxidation sites excluding steroid dienone is 1. The van der Waals surface area contributed by atoms with Gasteiger partial charge in [0.25, 0.3) is 0 Å². The summed E-state index contributed by atoms with van der Waals surface area (Å²) in [6.07, 6.45) is 3.20. The first-order chi connectivity index (χ1) is 10.5. The van der Waals surface area contributed by atoms with Gasteiger partial charge in [0.15, 0.2) is 5.78 Å². The van der Waals surface area contributed by atoms with Gasteiger partial charge in [0, 0.05) is 28.5 Å². The van der Waals surface area contributed by atoms with Crippen molar-refractivity contribution in [1.29, 1.82) is 0 Å². The van der Waals surface area contributed by atoms with Crippen LogP contribution in [0.4, 0.5) is 5.69 Å². The fourth-order valence-electron chi connectivity index (χ4n) is 2.12. The fourth-order valence-corrected chi connectivity index (χ4v) is 2.35. The van der Waals surface area contributed by atoms with E-state index < -0.39 is 0 Å². The van der Waals surface area contributed by atoms with Gasteiger partial charge in [-0.15, -0.1) is 0 Å². The fraction of sp³-hybridized carbons (Fsp3) is 0.211. The second-order valence-corrected chi connectivity index (χ2v) is 6.01. The van der Waals surface area contributed by atoms with E-state index in [0.29, 0.717) is 16.5 Å². The number of aryl methyl sites for hydroxylation is 1. The van der Waals surface area contributed by atoms with Crippen LogP contribution in [-0.4, -0.2) is 5.78 Å². The molecule has 0 spiro atoms. The Bertz CT molecular complexity index is 687. The summed E-state index contributed by atoms with van der Waals surface area (Å²) in [6, 6.07) is 13.3. The molecule has 0 aliphatic carbocycles. The lowest BCUT2D eigenvalue weighted by molar-refractivity contribution is 0.104. The molecule has 0 aliphatic heterocycles. The lowest BCUT2D eigenvalue weighted by Crippen LogP contribution is -1.98. The Labute approximate surface area is 136 Å². The number of rotatable bonds is 5. The molecule has 2 rings (SSSR count). The number of carbonyl (C=O) groups excluding carboxylic acids is 1. The Morgan fingerprint density at radius 3 is 2.41 bits per heavy atom. The van der Waals surface area contributed by atoms with Gasteiger partial charge in [-0.3, -0.25) is 4.79 Å². The van der Waals surface area contributed by atoms with Crippen molar-refractivity contribution in [2.45, 2.75) is 26.7 Å². The van der Waals surface area contributed by atoms with Gasteiger partial charge >= 0.3 is 0 Å². The SMILES string of the molecule is Cc1cc(Cl)ccc1NC=CC(=O)c1ccc(C(C)C)cc1. The Balaban J connectivity index is 2.02. The molecule has 3 heteroatoms. The van der Waals surface area contributed by atoms with Gasteiger partial charge in [-0.05, 0) is 42.2 Å². The smallest absolute Gasteiger partial charge is 0.187 e. The summed E-state index contributed by atoms with van der Waals surface area (Å²) in [5.41, 5.74) is 3.89. The van der Waals surface area contributed by atoms with Gasteiger partial charge in [0.1, 0.15) is 0 Å². The van der Waals surface area contributed by atoms with Crippen LogP contribution in [0.1, 0.15) is 41.3 Å². The highest BCUT2D eigenvalue weighted by atomic mass is 35.5. The second-order valence-electron chi connectivity index (χ2n) is 5.58. The van der Waals surface area contributed by atoms with Gasteiger partial charge in [-0.2, -0.15) is 0 Å². The molecule has 0 atom stereocenters. The zero-order valence-electron chi connectivity index (χ0n) is 13.1. The standard InChI is InChI=1S/C19H20ClNO/c1-13(2)15-4-6-16(7-5-15)19(22)10-11-21-18-9-8-17(20)12-14(18)3/h4-13,21H,1-3H3. The van der Waals surface area contributed by atoms with Crippen LogP contribution in [0.5, 0.6) is 0 Å². The van der Waals surface area contributed by atoms with Crippen LogP contribution in [0.2, 0.25) is 5.02 Å².